The zero-order chi connectivity index (χ0) is 24.9. The van der Waals surface area contributed by atoms with Gasteiger partial charge in [0.2, 0.25) is 5.91 Å². The Morgan fingerprint density at radius 3 is 2.17 bits per heavy atom. The van der Waals surface area contributed by atoms with Gasteiger partial charge >= 0.3 is 0 Å². The Hall–Kier alpha value is -4.04. The lowest BCUT2D eigenvalue weighted by Crippen LogP contribution is -2.23. The van der Waals surface area contributed by atoms with Crippen LogP contribution in [0.2, 0.25) is 0 Å². The largest absolute Gasteiger partial charge is 0.322 e. The van der Waals surface area contributed by atoms with Gasteiger partial charge in [-0.1, -0.05) is 35.9 Å². The number of hydrogen-bond donors (Lipinski definition) is 2. The molecule has 0 atom stereocenters. The predicted octanol–water partition coefficient (Wildman–Crippen LogP) is 4.78. The SMILES string of the molecule is Cc1ccc(C(=O)Nc2ccc(SCC(=O)Nc3c(C)n(C)n(-c4ccccc4)c3=O)cc2)cc1. The van der Waals surface area contributed by atoms with Crippen molar-refractivity contribution in [1.29, 1.82) is 0 Å². The van der Waals surface area contributed by atoms with E-state index in [1.807, 2.05) is 61.5 Å². The van der Waals surface area contributed by atoms with Gasteiger partial charge in [0.15, 0.2) is 0 Å². The van der Waals surface area contributed by atoms with Crippen molar-refractivity contribution in [2.24, 2.45) is 7.05 Å². The van der Waals surface area contributed by atoms with Crippen LogP contribution in [0.1, 0.15) is 21.6 Å². The number of aryl methyl sites for hydroxylation is 1. The van der Waals surface area contributed by atoms with E-state index in [1.165, 1.54) is 16.4 Å². The average Bonchev–Trinajstić information content (AvgIpc) is 3.07. The van der Waals surface area contributed by atoms with Gasteiger partial charge in [-0.15, -0.1) is 11.8 Å². The van der Waals surface area contributed by atoms with Crippen LogP contribution in [-0.2, 0) is 11.8 Å². The maximum absolute atomic E-state index is 13.0. The van der Waals surface area contributed by atoms with Crippen LogP contribution in [0, 0.1) is 13.8 Å². The number of nitrogens with one attached hydrogen (secondary N) is 2. The van der Waals surface area contributed by atoms with E-state index < -0.39 is 0 Å². The summed E-state index contributed by atoms with van der Waals surface area (Å²) in [4.78, 5) is 38.8. The van der Waals surface area contributed by atoms with Crippen molar-refractivity contribution in [1.82, 2.24) is 9.36 Å². The molecular weight excluding hydrogens is 460 g/mol. The fraction of sp³-hybridized carbons (Fsp3) is 0.148. The highest BCUT2D eigenvalue weighted by atomic mass is 32.2. The first-order valence-corrected chi connectivity index (χ1v) is 12.1. The van der Waals surface area contributed by atoms with E-state index in [0.717, 1.165) is 16.1 Å². The number of benzene rings is 3. The van der Waals surface area contributed by atoms with Gasteiger partial charge in [0.1, 0.15) is 5.69 Å². The summed E-state index contributed by atoms with van der Waals surface area (Å²) < 4.78 is 3.26. The first kappa shape index (κ1) is 24.1. The summed E-state index contributed by atoms with van der Waals surface area (Å²) in [5, 5.41) is 5.64. The van der Waals surface area contributed by atoms with Crippen LogP contribution >= 0.6 is 11.8 Å². The Morgan fingerprint density at radius 1 is 0.857 bits per heavy atom. The van der Waals surface area contributed by atoms with Crippen molar-refractivity contribution in [3.05, 3.63) is 106 Å². The zero-order valence-electron chi connectivity index (χ0n) is 19.7. The van der Waals surface area contributed by atoms with Gasteiger partial charge in [0.25, 0.3) is 11.5 Å². The number of carbonyl (C=O) groups is 2. The topological polar surface area (TPSA) is 85.1 Å². The first-order chi connectivity index (χ1) is 16.8. The first-order valence-electron chi connectivity index (χ1n) is 11.1. The smallest absolute Gasteiger partial charge is 0.295 e. The third-order valence-corrected chi connectivity index (χ3v) is 6.63. The molecule has 3 aromatic carbocycles. The molecule has 8 heteroatoms. The molecule has 178 valence electrons. The van der Waals surface area contributed by atoms with Crippen LogP contribution in [0.3, 0.4) is 0 Å². The van der Waals surface area contributed by atoms with Crippen molar-refractivity contribution in [2.45, 2.75) is 18.7 Å². The molecule has 0 fully saturated rings. The predicted molar refractivity (Wildman–Crippen MR) is 141 cm³/mol. The molecule has 4 rings (SSSR count). The standard InChI is InChI=1S/C27H26N4O3S/c1-18-9-11-20(12-10-18)26(33)28-21-13-15-23(16-14-21)35-17-24(32)29-25-19(2)30(3)31(27(25)34)22-7-5-4-6-8-22/h4-16H,17H2,1-3H3,(H,28,33)(H,29,32). The molecule has 0 bridgehead atoms. The van der Waals surface area contributed by atoms with Crippen molar-refractivity contribution in [3.8, 4) is 5.69 Å². The number of rotatable bonds is 7. The molecule has 0 aliphatic heterocycles. The minimum absolute atomic E-state index is 0.147. The van der Waals surface area contributed by atoms with E-state index >= 15 is 0 Å². The molecule has 0 unspecified atom stereocenters. The van der Waals surface area contributed by atoms with Gasteiger partial charge in [0.05, 0.1) is 17.1 Å². The Morgan fingerprint density at radius 2 is 1.51 bits per heavy atom. The minimum atomic E-state index is -0.275. The number of carbonyl (C=O) groups excluding carboxylic acids is 2. The minimum Gasteiger partial charge on any atom is -0.322 e. The Balaban J connectivity index is 1.36. The highest BCUT2D eigenvalue weighted by Gasteiger charge is 2.18. The van der Waals surface area contributed by atoms with Crippen molar-refractivity contribution in [2.75, 3.05) is 16.4 Å². The third kappa shape index (κ3) is 5.55. The lowest BCUT2D eigenvalue weighted by Gasteiger charge is -2.07. The summed E-state index contributed by atoms with van der Waals surface area (Å²) in [6.07, 6.45) is 0. The molecule has 0 saturated carbocycles. The van der Waals surface area contributed by atoms with E-state index in [0.29, 0.717) is 16.9 Å². The number of thioether (sulfide) groups is 1. The summed E-state index contributed by atoms with van der Waals surface area (Å²) in [6.45, 7) is 3.77. The van der Waals surface area contributed by atoms with Crippen LogP contribution < -0.4 is 16.2 Å². The number of nitrogens with zero attached hydrogens (tertiary/aromatic N) is 2. The van der Waals surface area contributed by atoms with Gasteiger partial charge in [-0.3, -0.25) is 19.1 Å². The van der Waals surface area contributed by atoms with E-state index in [4.69, 9.17) is 0 Å². The molecule has 4 aromatic rings. The number of para-hydroxylation sites is 1. The van der Waals surface area contributed by atoms with E-state index in [1.54, 1.807) is 42.9 Å². The Kier molecular flexibility index (Phi) is 7.22. The molecule has 0 aliphatic rings. The summed E-state index contributed by atoms with van der Waals surface area (Å²) in [7, 11) is 1.79. The second-order valence-electron chi connectivity index (χ2n) is 8.12. The fourth-order valence-corrected chi connectivity index (χ4v) is 4.28. The fourth-order valence-electron chi connectivity index (χ4n) is 3.58. The molecule has 2 N–H and O–H groups in total. The van der Waals surface area contributed by atoms with Crippen LogP contribution in [0.4, 0.5) is 11.4 Å². The van der Waals surface area contributed by atoms with E-state index in [9.17, 15) is 14.4 Å². The number of amides is 2. The van der Waals surface area contributed by atoms with Gasteiger partial charge in [0, 0.05) is 23.2 Å². The van der Waals surface area contributed by atoms with Crippen LogP contribution in [0.25, 0.3) is 5.69 Å². The molecule has 2 amide bonds. The molecule has 1 aromatic heterocycles. The van der Waals surface area contributed by atoms with E-state index in [2.05, 4.69) is 10.6 Å². The molecule has 0 radical (unpaired) electrons. The van der Waals surface area contributed by atoms with Gasteiger partial charge < -0.3 is 10.6 Å². The lowest BCUT2D eigenvalue weighted by molar-refractivity contribution is -0.113. The van der Waals surface area contributed by atoms with Gasteiger partial charge in [-0.25, -0.2) is 4.68 Å². The summed E-state index contributed by atoms with van der Waals surface area (Å²) in [5.41, 5.74) is 3.76. The monoisotopic (exact) mass is 486 g/mol. The zero-order valence-corrected chi connectivity index (χ0v) is 20.6. The van der Waals surface area contributed by atoms with Crippen molar-refractivity contribution in [3.63, 3.8) is 0 Å². The summed E-state index contributed by atoms with van der Waals surface area (Å²) in [5.74, 6) is -0.296. The average molecular weight is 487 g/mol. The Bertz CT molecular complexity index is 1410. The molecule has 0 spiro atoms. The highest BCUT2D eigenvalue weighted by Crippen LogP contribution is 2.22. The van der Waals surface area contributed by atoms with Crippen LogP contribution in [0.5, 0.6) is 0 Å². The molecule has 0 aliphatic carbocycles. The molecular formula is C27H26N4O3S. The summed E-state index contributed by atoms with van der Waals surface area (Å²) in [6, 6.07) is 23.9. The van der Waals surface area contributed by atoms with Gasteiger partial charge in [-0.05, 0) is 62.4 Å². The second kappa shape index (κ2) is 10.5. The number of anilines is 2. The lowest BCUT2D eigenvalue weighted by atomic mass is 10.1. The van der Waals surface area contributed by atoms with Crippen molar-refractivity contribution < 1.29 is 9.59 Å². The Labute approximate surface area is 207 Å². The molecule has 7 nitrogen and oxygen atoms in total. The molecule has 35 heavy (non-hydrogen) atoms. The summed E-state index contributed by atoms with van der Waals surface area (Å²) >= 11 is 1.35. The quantitative estimate of drug-likeness (QED) is 0.368. The maximum atomic E-state index is 13.0. The van der Waals surface area contributed by atoms with Crippen molar-refractivity contribution >= 4 is 35.0 Å². The van der Waals surface area contributed by atoms with Crippen LogP contribution in [0.15, 0.2) is 88.6 Å². The van der Waals surface area contributed by atoms with Crippen LogP contribution in [-0.4, -0.2) is 26.9 Å². The number of aromatic nitrogens is 2. The second-order valence-corrected chi connectivity index (χ2v) is 9.17. The molecule has 1 heterocycles. The van der Waals surface area contributed by atoms with Gasteiger partial charge in [-0.2, -0.15) is 0 Å². The normalized spacial score (nSPS) is 10.7. The van der Waals surface area contributed by atoms with E-state index in [-0.39, 0.29) is 28.8 Å². The maximum Gasteiger partial charge on any atom is 0.295 e. The number of hydrogen-bond acceptors (Lipinski definition) is 4. The third-order valence-electron chi connectivity index (χ3n) is 5.61. The molecule has 0 saturated heterocycles. The highest BCUT2D eigenvalue weighted by molar-refractivity contribution is 8.00.